The number of ether oxygens (including phenoxy) is 1. The highest BCUT2D eigenvalue weighted by Crippen LogP contribution is 2.25. The standard InChI is InChI=1S/C23H28FN3O4/c1-14-20(23(30)31-3)15(2)26-21(14)22(29)27-10-8-16(9-11-27)12-19(28)25-13-17-4-6-18(24)7-5-17/h4-7,16,26H,8-13H2,1-3H3,(H,25,28). The minimum absolute atomic E-state index is 0.0485. The third-order valence-electron chi connectivity index (χ3n) is 5.82. The summed E-state index contributed by atoms with van der Waals surface area (Å²) >= 11 is 0. The van der Waals surface area contributed by atoms with Gasteiger partial charge in [-0.15, -0.1) is 0 Å². The predicted molar refractivity (Wildman–Crippen MR) is 113 cm³/mol. The quantitative estimate of drug-likeness (QED) is 0.691. The van der Waals surface area contributed by atoms with Crippen LogP contribution in [0.5, 0.6) is 0 Å². The van der Waals surface area contributed by atoms with E-state index >= 15 is 0 Å². The molecular formula is C23H28FN3O4. The summed E-state index contributed by atoms with van der Waals surface area (Å²) in [5.74, 6) is -0.754. The molecule has 8 heteroatoms. The summed E-state index contributed by atoms with van der Waals surface area (Å²) in [5.41, 5.74) is 2.86. The van der Waals surface area contributed by atoms with E-state index in [9.17, 15) is 18.8 Å². The Kier molecular flexibility index (Phi) is 7.09. The van der Waals surface area contributed by atoms with Crippen LogP contribution in [0.15, 0.2) is 24.3 Å². The number of carbonyl (C=O) groups is 3. The molecule has 2 amide bonds. The molecule has 2 heterocycles. The fourth-order valence-electron chi connectivity index (χ4n) is 4.01. The van der Waals surface area contributed by atoms with Crippen molar-refractivity contribution in [3.05, 3.63) is 58.2 Å². The summed E-state index contributed by atoms with van der Waals surface area (Å²) in [4.78, 5) is 41.9. The molecule has 0 aliphatic carbocycles. The smallest absolute Gasteiger partial charge is 0.339 e. The maximum absolute atomic E-state index is 12.9. The fourth-order valence-corrected chi connectivity index (χ4v) is 4.01. The number of halogens is 1. The molecule has 1 fully saturated rings. The maximum Gasteiger partial charge on any atom is 0.339 e. The number of likely N-dealkylation sites (tertiary alicyclic amines) is 1. The fraction of sp³-hybridized carbons (Fsp3) is 0.435. The van der Waals surface area contributed by atoms with Crippen LogP contribution in [0, 0.1) is 25.6 Å². The van der Waals surface area contributed by atoms with Crippen LogP contribution >= 0.6 is 0 Å². The first kappa shape index (κ1) is 22.5. The van der Waals surface area contributed by atoms with Gasteiger partial charge in [0.15, 0.2) is 0 Å². The number of esters is 1. The van der Waals surface area contributed by atoms with Crippen LogP contribution < -0.4 is 5.32 Å². The zero-order valence-electron chi connectivity index (χ0n) is 18.1. The van der Waals surface area contributed by atoms with E-state index in [4.69, 9.17) is 4.74 Å². The molecule has 1 aromatic heterocycles. The Bertz CT molecular complexity index is 960. The summed E-state index contributed by atoms with van der Waals surface area (Å²) < 4.78 is 17.8. The number of amides is 2. The molecule has 0 unspecified atom stereocenters. The van der Waals surface area contributed by atoms with Crippen molar-refractivity contribution in [3.8, 4) is 0 Å². The van der Waals surface area contributed by atoms with Crippen LogP contribution in [0.3, 0.4) is 0 Å². The average Bonchev–Trinajstić information content (AvgIpc) is 3.06. The summed E-state index contributed by atoms with van der Waals surface area (Å²) in [6.07, 6.45) is 1.87. The van der Waals surface area contributed by atoms with Gasteiger partial charge in [-0.2, -0.15) is 0 Å². The first-order valence-electron chi connectivity index (χ1n) is 10.4. The van der Waals surface area contributed by atoms with Crippen molar-refractivity contribution < 1.29 is 23.5 Å². The molecule has 1 aliphatic rings. The van der Waals surface area contributed by atoms with Crippen LogP contribution in [0.2, 0.25) is 0 Å². The van der Waals surface area contributed by atoms with Crippen LogP contribution in [0.4, 0.5) is 4.39 Å². The number of aromatic amines is 1. The highest BCUT2D eigenvalue weighted by molar-refractivity contribution is 6.00. The molecule has 1 aromatic carbocycles. The van der Waals surface area contributed by atoms with E-state index in [0.717, 1.165) is 18.4 Å². The van der Waals surface area contributed by atoms with E-state index in [1.165, 1.54) is 19.2 Å². The van der Waals surface area contributed by atoms with Gasteiger partial charge in [0, 0.05) is 31.7 Å². The largest absolute Gasteiger partial charge is 0.465 e. The van der Waals surface area contributed by atoms with E-state index in [0.29, 0.717) is 48.6 Å². The number of carbonyl (C=O) groups excluding carboxylic acids is 3. The Morgan fingerprint density at radius 2 is 1.81 bits per heavy atom. The lowest BCUT2D eigenvalue weighted by Crippen LogP contribution is -2.40. The number of methoxy groups -OCH3 is 1. The van der Waals surface area contributed by atoms with Gasteiger partial charge in [0.25, 0.3) is 5.91 Å². The Balaban J connectivity index is 1.50. The third-order valence-corrected chi connectivity index (χ3v) is 5.82. The number of rotatable bonds is 6. The monoisotopic (exact) mass is 429 g/mol. The van der Waals surface area contributed by atoms with E-state index in [1.54, 1.807) is 30.9 Å². The summed E-state index contributed by atoms with van der Waals surface area (Å²) in [5, 5.41) is 2.87. The van der Waals surface area contributed by atoms with Crippen molar-refractivity contribution in [2.24, 2.45) is 5.92 Å². The SMILES string of the molecule is COC(=O)c1c(C)[nH]c(C(=O)N2CCC(CC(=O)NCc3ccc(F)cc3)CC2)c1C. The van der Waals surface area contributed by atoms with Gasteiger partial charge in [-0.25, -0.2) is 9.18 Å². The van der Waals surface area contributed by atoms with Crippen LogP contribution in [0.1, 0.15) is 56.9 Å². The minimum atomic E-state index is -0.462. The Morgan fingerprint density at radius 3 is 2.42 bits per heavy atom. The van der Waals surface area contributed by atoms with Crippen molar-refractivity contribution in [1.29, 1.82) is 0 Å². The van der Waals surface area contributed by atoms with Crippen molar-refractivity contribution >= 4 is 17.8 Å². The summed E-state index contributed by atoms with van der Waals surface area (Å²) in [6.45, 7) is 4.96. The van der Waals surface area contributed by atoms with Gasteiger partial charge >= 0.3 is 5.97 Å². The van der Waals surface area contributed by atoms with E-state index < -0.39 is 5.97 Å². The van der Waals surface area contributed by atoms with Gasteiger partial charge in [-0.3, -0.25) is 9.59 Å². The second-order valence-electron chi connectivity index (χ2n) is 7.96. The first-order valence-corrected chi connectivity index (χ1v) is 10.4. The van der Waals surface area contributed by atoms with E-state index in [-0.39, 0.29) is 23.5 Å². The van der Waals surface area contributed by atoms with Gasteiger partial charge in [-0.05, 0) is 55.9 Å². The van der Waals surface area contributed by atoms with Gasteiger partial charge in [0.05, 0.1) is 12.7 Å². The zero-order valence-corrected chi connectivity index (χ0v) is 18.1. The molecule has 0 bridgehead atoms. The number of piperidine rings is 1. The Hall–Kier alpha value is -3.16. The minimum Gasteiger partial charge on any atom is -0.465 e. The molecule has 1 saturated heterocycles. The summed E-state index contributed by atoms with van der Waals surface area (Å²) in [6, 6.07) is 6.04. The molecule has 3 rings (SSSR count). The number of aromatic nitrogens is 1. The molecule has 2 N–H and O–H groups in total. The van der Waals surface area contributed by atoms with E-state index in [1.807, 2.05) is 0 Å². The van der Waals surface area contributed by atoms with Gasteiger partial charge in [0.2, 0.25) is 5.91 Å². The van der Waals surface area contributed by atoms with Gasteiger partial charge in [0.1, 0.15) is 11.5 Å². The Morgan fingerprint density at radius 1 is 1.16 bits per heavy atom. The lowest BCUT2D eigenvalue weighted by atomic mass is 9.93. The highest BCUT2D eigenvalue weighted by Gasteiger charge is 2.29. The van der Waals surface area contributed by atoms with Crippen molar-refractivity contribution in [1.82, 2.24) is 15.2 Å². The Labute approximate surface area is 181 Å². The van der Waals surface area contributed by atoms with Crippen LogP contribution in [-0.2, 0) is 16.1 Å². The van der Waals surface area contributed by atoms with Crippen molar-refractivity contribution in [3.63, 3.8) is 0 Å². The van der Waals surface area contributed by atoms with Crippen molar-refractivity contribution in [2.75, 3.05) is 20.2 Å². The number of nitrogens with one attached hydrogen (secondary N) is 2. The van der Waals surface area contributed by atoms with Gasteiger partial charge < -0.3 is 19.9 Å². The molecule has 0 spiro atoms. The van der Waals surface area contributed by atoms with Crippen molar-refractivity contribution in [2.45, 2.75) is 39.7 Å². The molecule has 0 saturated carbocycles. The topological polar surface area (TPSA) is 91.5 Å². The average molecular weight is 429 g/mol. The lowest BCUT2D eigenvalue weighted by molar-refractivity contribution is -0.122. The van der Waals surface area contributed by atoms with Crippen LogP contribution in [0.25, 0.3) is 0 Å². The molecule has 0 radical (unpaired) electrons. The van der Waals surface area contributed by atoms with Gasteiger partial charge in [-0.1, -0.05) is 12.1 Å². The van der Waals surface area contributed by atoms with Crippen LogP contribution in [-0.4, -0.2) is 47.9 Å². The molecule has 31 heavy (non-hydrogen) atoms. The second-order valence-corrected chi connectivity index (χ2v) is 7.96. The normalized spacial score (nSPS) is 14.4. The molecule has 0 atom stereocenters. The maximum atomic E-state index is 12.9. The summed E-state index contributed by atoms with van der Waals surface area (Å²) in [7, 11) is 1.32. The molecule has 1 aliphatic heterocycles. The number of hydrogen-bond acceptors (Lipinski definition) is 4. The second kappa shape index (κ2) is 9.76. The number of aryl methyl sites for hydroxylation is 1. The molecule has 7 nitrogen and oxygen atoms in total. The lowest BCUT2D eigenvalue weighted by Gasteiger charge is -2.31. The number of H-pyrrole nitrogens is 1. The zero-order chi connectivity index (χ0) is 22.5. The van der Waals surface area contributed by atoms with E-state index in [2.05, 4.69) is 10.3 Å². The predicted octanol–water partition coefficient (Wildman–Crippen LogP) is 3.12. The molecule has 2 aromatic rings. The molecule has 166 valence electrons. The number of hydrogen-bond donors (Lipinski definition) is 2. The third kappa shape index (κ3) is 5.31. The highest BCUT2D eigenvalue weighted by atomic mass is 19.1. The molecular weight excluding hydrogens is 401 g/mol. The number of benzene rings is 1. The first-order chi connectivity index (χ1) is 14.8. The number of nitrogens with zero attached hydrogens (tertiary/aromatic N) is 1.